The number of nitrogens with one attached hydrogen (secondary N) is 1. The Morgan fingerprint density at radius 1 is 1.70 bits per heavy atom. The predicted molar refractivity (Wildman–Crippen MR) is 67.2 cm³/mol. The Morgan fingerprint density at radius 3 is 3.05 bits per heavy atom. The highest BCUT2D eigenvalue weighted by atomic mass is 16.6. The average molecular weight is 277 g/mol. The summed E-state index contributed by atoms with van der Waals surface area (Å²) in [6.45, 7) is 1.13. The van der Waals surface area contributed by atoms with E-state index >= 15 is 0 Å². The average Bonchev–Trinajstić information content (AvgIpc) is 2.46. The second-order valence-corrected chi connectivity index (χ2v) is 4.19. The van der Waals surface area contributed by atoms with Gasteiger partial charge >= 0.3 is 5.97 Å². The highest BCUT2D eigenvalue weighted by Gasteiger charge is 2.31. The fourth-order valence-corrected chi connectivity index (χ4v) is 2.04. The Bertz CT molecular complexity index is 597. The second kappa shape index (κ2) is 5.50. The molecule has 9 nitrogen and oxygen atoms in total. The first-order chi connectivity index (χ1) is 9.54. The first kappa shape index (κ1) is 13.7. The number of piperazine rings is 1. The van der Waals surface area contributed by atoms with E-state index in [0.29, 0.717) is 13.1 Å². The first-order valence-electron chi connectivity index (χ1n) is 5.79. The molecule has 1 unspecified atom stereocenters. The number of anilines is 1. The summed E-state index contributed by atoms with van der Waals surface area (Å²) in [5.41, 5.74) is -0.306. The van der Waals surface area contributed by atoms with Gasteiger partial charge in [-0.3, -0.25) is 10.1 Å². The van der Waals surface area contributed by atoms with Gasteiger partial charge in [0.05, 0.1) is 4.92 Å². The molecule has 1 aromatic rings. The SMILES string of the molecule is N#Cc1cc([N+](=O)[O-])cnc1N1CCNCC1C(=O)O. The van der Waals surface area contributed by atoms with Gasteiger partial charge in [-0.05, 0) is 0 Å². The monoisotopic (exact) mass is 277 g/mol. The molecule has 1 aliphatic rings. The van der Waals surface area contributed by atoms with E-state index in [1.165, 1.54) is 4.90 Å². The van der Waals surface area contributed by atoms with Gasteiger partial charge in [-0.2, -0.15) is 5.26 Å². The van der Waals surface area contributed by atoms with E-state index in [9.17, 15) is 20.0 Å². The molecule has 1 fully saturated rings. The number of pyridine rings is 1. The number of nitrogens with zero attached hydrogens (tertiary/aromatic N) is 4. The van der Waals surface area contributed by atoms with Crippen LogP contribution >= 0.6 is 0 Å². The molecule has 0 bridgehead atoms. The molecule has 0 aromatic carbocycles. The minimum Gasteiger partial charge on any atom is -0.480 e. The van der Waals surface area contributed by atoms with Crippen LogP contribution in [-0.2, 0) is 4.79 Å². The van der Waals surface area contributed by atoms with Gasteiger partial charge in [-0.25, -0.2) is 9.78 Å². The molecule has 0 amide bonds. The summed E-state index contributed by atoms with van der Waals surface area (Å²) in [7, 11) is 0. The number of hydrogen-bond donors (Lipinski definition) is 2. The first-order valence-corrected chi connectivity index (χ1v) is 5.79. The van der Waals surface area contributed by atoms with Crippen molar-refractivity contribution >= 4 is 17.5 Å². The molecule has 2 rings (SSSR count). The maximum Gasteiger partial charge on any atom is 0.327 e. The van der Waals surface area contributed by atoms with Crippen LogP contribution < -0.4 is 10.2 Å². The largest absolute Gasteiger partial charge is 0.480 e. The Balaban J connectivity index is 2.43. The van der Waals surface area contributed by atoms with Crippen molar-refractivity contribution in [1.82, 2.24) is 10.3 Å². The van der Waals surface area contributed by atoms with Gasteiger partial charge in [0.25, 0.3) is 5.69 Å². The second-order valence-electron chi connectivity index (χ2n) is 4.19. The van der Waals surface area contributed by atoms with Crippen LogP contribution in [0.25, 0.3) is 0 Å². The molecule has 0 saturated carbocycles. The zero-order valence-corrected chi connectivity index (χ0v) is 10.3. The Hall–Kier alpha value is -2.73. The molecule has 2 N–H and O–H groups in total. The zero-order valence-electron chi connectivity index (χ0n) is 10.3. The summed E-state index contributed by atoms with van der Waals surface area (Å²) in [4.78, 5) is 26.6. The normalized spacial score (nSPS) is 18.4. The van der Waals surface area contributed by atoms with Crippen molar-refractivity contribution in [1.29, 1.82) is 5.26 Å². The summed E-state index contributed by atoms with van der Waals surface area (Å²) in [5.74, 6) is -0.881. The fraction of sp³-hybridized carbons (Fsp3) is 0.364. The van der Waals surface area contributed by atoms with Gasteiger partial charge in [-0.15, -0.1) is 0 Å². The van der Waals surface area contributed by atoms with E-state index in [4.69, 9.17) is 5.26 Å². The Kier molecular flexibility index (Phi) is 3.76. The van der Waals surface area contributed by atoms with Gasteiger partial charge in [0, 0.05) is 25.7 Å². The highest BCUT2D eigenvalue weighted by molar-refractivity contribution is 5.79. The Labute approximate surface area is 113 Å². The molecule has 0 radical (unpaired) electrons. The summed E-state index contributed by atoms with van der Waals surface area (Å²) in [5, 5.41) is 31.9. The topological polar surface area (TPSA) is 132 Å². The minimum atomic E-state index is -1.04. The van der Waals surface area contributed by atoms with Crippen LogP contribution in [0.4, 0.5) is 11.5 Å². The van der Waals surface area contributed by atoms with Crippen LogP contribution in [0.1, 0.15) is 5.56 Å². The van der Waals surface area contributed by atoms with Gasteiger partial charge in [0.2, 0.25) is 0 Å². The van der Waals surface area contributed by atoms with E-state index in [0.717, 1.165) is 12.3 Å². The number of aliphatic carboxylic acids is 1. The van der Waals surface area contributed by atoms with E-state index < -0.39 is 16.9 Å². The summed E-state index contributed by atoms with van der Waals surface area (Å²) < 4.78 is 0. The van der Waals surface area contributed by atoms with Crippen LogP contribution in [-0.4, -0.2) is 46.7 Å². The predicted octanol–water partition coefficient (Wildman–Crippen LogP) is -0.276. The van der Waals surface area contributed by atoms with Gasteiger partial charge in [-0.1, -0.05) is 0 Å². The van der Waals surface area contributed by atoms with Gasteiger partial charge in [0.1, 0.15) is 29.7 Å². The van der Waals surface area contributed by atoms with Crippen LogP contribution in [0.3, 0.4) is 0 Å². The molecule has 0 spiro atoms. The lowest BCUT2D eigenvalue weighted by Gasteiger charge is -2.34. The van der Waals surface area contributed by atoms with E-state index in [2.05, 4.69) is 10.3 Å². The maximum absolute atomic E-state index is 11.2. The molecule has 2 heterocycles. The van der Waals surface area contributed by atoms with Crippen molar-refractivity contribution in [2.75, 3.05) is 24.5 Å². The molecule has 1 atom stereocenters. The van der Waals surface area contributed by atoms with E-state index in [1.807, 2.05) is 6.07 Å². The number of aromatic nitrogens is 1. The zero-order chi connectivity index (χ0) is 14.7. The van der Waals surface area contributed by atoms with Gasteiger partial charge < -0.3 is 15.3 Å². The number of nitro groups is 1. The fourth-order valence-electron chi connectivity index (χ4n) is 2.04. The number of nitriles is 1. The van der Waals surface area contributed by atoms with Crippen LogP contribution in [0.2, 0.25) is 0 Å². The van der Waals surface area contributed by atoms with Crippen molar-refractivity contribution in [3.63, 3.8) is 0 Å². The van der Waals surface area contributed by atoms with E-state index in [1.54, 1.807) is 0 Å². The number of hydrogen-bond acceptors (Lipinski definition) is 7. The van der Waals surface area contributed by atoms with Crippen molar-refractivity contribution in [3.8, 4) is 6.07 Å². The quantitative estimate of drug-likeness (QED) is 0.569. The number of carboxylic acids is 1. The van der Waals surface area contributed by atoms with Gasteiger partial charge in [0.15, 0.2) is 0 Å². The molecule has 104 valence electrons. The third-order valence-electron chi connectivity index (χ3n) is 2.98. The molecular weight excluding hydrogens is 266 g/mol. The van der Waals surface area contributed by atoms with Crippen molar-refractivity contribution < 1.29 is 14.8 Å². The lowest BCUT2D eigenvalue weighted by Crippen LogP contribution is -2.55. The molecule has 1 aliphatic heterocycles. The highest BCUT2D eigenvalue weighted by Crippen LogP contribution is 2.24. The smallest absolute Gasteiger partial charge is 0.327 e. The van der Waals surface area contributed by atoms with Crippen LogP contribution in [0.5, 0.6) is 0 Å². The number of rotatable bonds is 3. The number of carboxylic acid groups (broad SMARTS) is 1. The lowest BCUT2D eigenvalue weighted by molar-refractivity contribution is -0.385. The maximum atomic E-state index is 11.2. The van der Waals surface area contributed by atoms with Crippen molar-refractivity contribution in [2.45, 2.75) is 6.04 Å². The molecule has 0 aliphatic carbocycles. The van der Waals surface area contributed by atoms with E-state index in [-0.39, 0.29) is 23.6 Å². The van der Waals surface area contributed by atoms with Crippen molar-refractivity contribution in [2.24, 2.45) is 0 Å². The summed E-state index contributed by atoms with van der Waals surface area (Å²) in [6, 6.07) is 2.07. The number of carbonyl (C=O) groups is 1. The molecule has 1 aromatic heterocycles. The standard InChI is InChI=1S/C11H11N5O4/c12-4-7-3-8(16(19)20)5-14-10(7)15-2-1-13-6-9(15)11(17)18/h3,5,9,13H,1-2,6H2,(H,17,18). The summed E-state index contributed by atoms with van der Waals surface area (Å²) >= 11 is 0. The molecule has 9 heteroatoms. The molecular formula is C11H11N5O4. The van der Waals surface area contributed by atoms with Crippen LogP contribution in [0, 0.1) is 21.4 Å². The third-order valence-corrected chi connectivity index (χ3v) is 2.98. The lowest BCUT2D eigenvalue weighted by atomic mass is 10.1. The molecule has 20 heavy (non-hydrogen) atoms. The van der Waals surface area contributed by atoms with Crippen LogP contribution in [0.15, 0.2) is 12.3 Å². The summed E-state index contributed by atoms with van der Waals surface area (Å²) in [6.07, 6.45) is 1.02. The third kappa shape index (κ3) is 2.50. The molecule has 1 saturated heterocycles. The Morgan fingerprint density at radius 2 is 2.45 bits per heavy atom. The van der Waals surface area contributed by atoms with Crippen molar-refractivity contribution in [3.05, 3.63) is 27.9 Å². The minimum absolute atomic E-state index is 0.00708.